The predicted octanol–water partition coefficient (Wildman–Crippen LogP) is 7.02. The molecule has 2 nitrogen and oxygen atoms in total. The number of aryl methyl sites for hydroxylation is 1. The summed E-state index contributed by atoms with van der Waals surface area (Å²) in [6.45, 7) is 4.73. The van der Waals surface area contributed by atoms with Crippen LogP contribution in [0.1, 0.15) is 48.6 Å². The van der Waals surface area contributed by atoms with Gasteiger partial charge in [0.05, 0.1) is 28.7 Å². The van der Waals surface area contributed by atoms with E-state index in [1.807, 2.05) is 12.1 Å². The van der Waals surface area contributed by atoms with Crippen LogP contribution in [0.4, 0.5) is 0 Å². The largest absolute Gasteiger partial charge is 0.332 e. The molecule has 0 bridgehead atoms. The van der Waals surface area contributed by atoms with Crippen LogP contribution in [0.3, 0.4) is 0 Å². The lowest BCUT2D eigenvalue weighted by Gasteiger charge is -2.32. The van der Waals surface area contributed by atoms with Crippen molar-refractivity contribution in [1.29, 1.82) is 5.26 Å². The van der Waals surface area contributed by atoms with E-state index in [-0.39, 0.29) is 11.5 Å². The van der Waals surface area contributed by atoms with E-state index in [0.717, 1.165) is 12.0 Å². The van der Waals surface area contributed by atoms with E-state index in [0.29, 0.717) is 11.5 Å². The summed E-state index contributed by atoms with van der Waals surface area (Å²) in [5.41, 5.74) is 9.83. The fourth-order valence-electron chi connectivity index (χ4n) is 7.13. The van der Waals surface area contributed by atoms with Gasteiger partial charge in [0, 0.05) is 16.2 Å². The quantitative estimate of drug-likeness (QED) is 0.249. The normalized spacial score (nSPS) is 22.7. The molecule has 3 aliphatic rings. The lowest BCUT2D eigenvalue weighted by Crippen LogP contribution is -2.38. The SMILES string of the molecule is CC1C=Cc2cc3c4cc(-c5ccc(C#N)cc5)cc5c4n(c3cc2CC1)C1C=c2ccccc2=CC51C. The zero-order valence-corrected chi connectivity index (χ0v) is 21.7. The molecule has 2 aliphatic carbocycles. The van der Waals surface area contributed by atoms with Gasteiger partial charge in [-0.15, -0.1) is 0 Å². The summed E-state index contributed by atoms with van der Waals surface area (Å²) < 4.78 is 2.63. The molecule has 1 aliphatic heterocycles. The Labute approximate surface area is 222 Å². The Morgan fingerprint density at radius 3 is 2.55 bits per heavy atom. The molecule has 0 N–H and O–H groups in total. The summed E-state index contributed by atoms with van der Waals surface area (Å²) in [5.74, 6) is 0.604. The van der Waals surface area contributed by atoms with Crippen molar-refractivity contribution < 1.29 is 0 Å². The van der Waals surface area contributed by atoms with Gasteiger partial charge >= 0.3 is 0 Å². The summed E-state index contributed by atoms with van der Waals surface area (Å²) in [5, 5.41) is 14.6. The average Bonchev–Trinajstić information content (AvgIpc) is 3.30. The highest BCUT2D eigenvalue weighted by molar-refractivity contribution is 6.13. The van der Waals surface area contributed by atoms with Crippen LogP contribution < -0.4 is 10.4 Å². The van der Waals surface area contributed by atoms with Gasteiger partial charge in [-0.1, -0.05) is 67.6 Å². The van der Waals surface area contributed by atoms with Gasteiger partial charge in [0.2, 0.25) is 0 Å². The van der Waals surface area contributed by atoms with Crippen LogP contribution in [-0.4, -0.2) is 4.57 Å². The molecule has 2 heteroatoms. The van der Waals surface area contributed by atoms with E-state index >= 15 is 0 Å². The molecule has 4 aromatic carbocycles. The van der Waals surface area contributed by atoms with Gasteiger partial charge in [-0.05, 0) is 100 Å². The van der Waals surface area contributed by atoms with Gasteiger partial charge in [-0.25, -0.2) is 0 Å². The number of allylic oxidation sites excluding steroid dienone is 1. The molecule has 5 aromatic rings. The Hall–Kier alpha value is -4.35. The van der Waals surface area contributed by atoms with Crippen LogP contribution >= 0.6 is 0 Å². The minimum Gasteiger partial charge on any atom is -0.332 e. The standard InChI is InChI=1S/C36H28N2/c1-22-7-11-26-15-30-31-16-29(24-13-9-23(21-37)10-14-24)17-32-35(31)38(33(30)18-27(26)12-8-22)34-19-25-5-3-4-6-28(25)20-36(32,34)2/h3-7,9-11,13-20,22,34H,8,12H2,1-2H3. The first kappa shape index (κ1) is 21.7. The molecule has 182 valence electrons. The van der Waals surface area contributed by atoms with E-state index in [2.05, 4.69) is 109 Å². The van der Waals surface area contributed by atoms with Crippen molar-refractivity contribution in [2.45, 2.75) is 38.1 Å². The van der Waals surface area contributed by atoms with Crippen molar-refractivity contribution >= 4 is 40.0 Å². The summed E-state index contributed by atoms with van der Waals surface area (Å²) in [6, 6.07) is 29.0. The van der Waals surface area contributed by atoms with Gasteiger partial charge in [0.1, 0.15) is 0 Å². The van der Waals surface area contributed by atoms with Crippen LogP contribution in [0, 0.1) is 17.2 Å². The van der Waals surface area contributed by atoms with Gasteiger partial charge in [0.25, 0.3) is 0 Å². The van der Waals surface area contributed by atoms with E-state index in [1.54, 1.807) is 0 Å². The number of hydrogen-bond donors (Lipinski definition) is 0. The van der Waals surface area contributed by atoms with Crippen molar-refractivity contribution in [3.05, 3.63) is 112 Å². The molecular formula is C36H28N2. The first-order valence-corrected chi connectivity index (χ1v) is 13.7. The Morgan fingerprint density at radius 2 is 1.74 bits per heavy atom. The maximum Gasteiger partial charge on any atom is 0.0991 e. The zero-order chi connectivity index (χ0) is 25.6. The summed E-state index contributed by atoms with van der Waals surface area (Å²) in [7, 11) is 0. The van der Waals surface area contributed by atoms with Crippen molar-refractivity contribution in [3.63, 3.8) is 0 Å². The molecule has 8 rings (SSSR count). The van der Waals surface area contributed by atoms with E-state index < -0.39 is 0 Å². The lowest BCUT2D eigenvalue weighted by molar-refractivity contribution is 0.512. The number of aromatic nitrogens is 1. The highest BCUT2D eigenvalue weighted by Crippen LogP contribution is 2.54. The maximum absolute atomic E-state index is 9.33. The second kappa shape index (κ2) is 7.59. The first-order valence-electron chi connectivity index (χ1n) is 13.7. The minimum absolute atomic E-state index is 0.139. The van der Waals surface area contributed by atoms with E-state index in [1.165, 1.54) is 60.9 Å². The van der Waals surface area contributed by atoms with E-state index in [4.69, 9.17) is 0 Å². The molecule has 0 spiro atoms. The molecular weight excluding hydrogens is 460 g/mol. The number of rotatable bonds is 1. The van der Waals surface area contributed by atoms with Crippen LogP contribution in [0.25, 0.3) is 51.2 Å². The Morgan fingerprint density at radius 1 is 0.921 bits per heavy atom. The molecule has 0 saturated heterocycles. The zero-order valence-electron chi connectivity index (χ0n) is 21.7. The third-order valence-electron chi connectivity index (χ3n) is 9.24. The van der Waals surface area contributed by atoms with Crippen molar-refractivity contribution in [2.24, 2.45) is 5.92 Å². The highest BCUT2D eigenvalue weighted by atomic mass is 15.1. The van der Waals surface area contributed by atoms with Crippen LogP contribution in [-0.2, 0) is 11.8 Å². The average molecular weight is 489 g/mol. The van der Waals surface area contributed by atoms with Gasteiger partial charge < -0.3 is 4.57 Å². The van der Waals surface area contributed by atoms with Crippen LogP contribution in [0.5, 0.6) is 0 Å². The molecule has 0 amide bonds. The third-order valence-corrected chi connectivity index (χ3v) is 9.24. The minimum atomic E-state index is -0.139. The van der Waals surface area contributed by atoms with Crippen molar-refractivity contribution in [3.8, 4) is 17.2 Å². The van der Waals surface area contributed by atoms with Gasteiger partial charge in [0.15, 0.2) is 0 Å². The predicted molar refractivity (Wildman–Crippen MR) is 157 cm³/mol. The number of nitriles is 1. The fourth-order valence-corrected chi connectivity index (χ4v) is 7.13. The van der Waals surface area contributed by atoms with Gasteiger partial charge in [-0.2, -0.15) is 5.26 Å². The molecule has 3 atom stereocenters. The highest BCUT2D eigenvalue weighted by Gasteiger charge is 2.44. The van der Waals surface area contributed by atoms with E-state index in [9.17, 15) is 5.26 Å². The smallest absolute Gasteiger partial charge is 0.0991 e. The molecule has 0 radical (unpaired) electrons. The maximum atomic E-state index is 9.33. The van der Waals surface area contributed by atoms with Gasteiger partial charge in [-0.3, -0.25) is 0 Å². The number of benzene rings is 4. The lowest BCUT2D eigenvalue weighted by atomic mass is 9.73. The molecule has 0 saturated carbocycles. The Bertz CT molecular complexity index is 2010. The second-order valence-electron chi connectivity index (χ2n) is 11.6. The van der Waals surface area contributed by atoms with Crippen LogP contribution in [0.2, 0.25) is 0 Å². The molecule has 0 fully saturated rings. The summed E-state index contributed by atoms with van der Waals surface area (Å²) in [4.78, 5) is 0. The number of hydrogen-bond acceptors (Lipinski definition) is 1. The summed E-state index contributed by atoms with van der Waals surface area (Å²) in [6.07, 6.45) is 12.0. The number of nitrogens with zero attached hydrogens (tertiary/aromatic N) is 2. The summed E-state index contributed by atoms with van der Waals surface area (Å²) >= 11 is 0. The van der Waals surface area contributed by atoms with Crippen molar-refractivity contribution in [1.82, 2.24) is 4.57 Å². The molecule has 3 unspecified atom stereocenters. The Balaban J connectivity index is 1.49. The first-order chi connectivity index (χ1) is 18.5. The number of fused-ring (bicyclic) bond motifs is 8. The molecule has 38 heavy (non-hydrogen) atoms. The van der Waals surface area contributed by atoms with Crippen LogP contribution in [0.15, 0.2) is 78.9 Å². The fraction of sp³-hybridized carbons (Fsp3) is 0.194. The second-order valence-corrected chi connectivity index (χ2v) is 11.6. The topological polar surface area (TPSA) is 28.7 Å². The Kier molecular flexibility index (Phi) is 4.34. The monoisotopic (exact) mass is 488 g/mol. The molecule has 2 heterocycles. The molecule has 1 aromatic heterocycles. The third kappa shape index (κ3) is 2.88. The van der Waals surface area contributed by atoms with Crippen molar-refractivity contribution in [2.75, 3.05) is 0 Å².